The van der Waals surface area contributed by atoms with Crippen molar-refractivity contribution in [2.24, 2.45) is 5.73 Å². The molecule has 0 saturated heterocycles. The monoisotopic (exact) mass is 420 g/mol. The number of likely N-dealkylation sites (N-methyl/N-ethyl adjacent to an activating group) is 1. The van der Waals surface area contributed by atoms with Crippen LogP contribution < -0.4 is 10.5 Å². The number of rotatable bonds is 8. The number of hydrogen-bond donors (Lipinski definition) is 1. The molecule has 1 aromatic carbocycles. The van der Waals surface area contributed by atoms with Crippen LogP contribution in [-0.2, 0) is 11.2 Å². The van der Waals surface area contributed by atoms with Crippen molar-refractivity contribution < 1.29 is 9.53 Å². The Labute approximate surface area is 143 Å². The molecule has 1 rings (SSSR count). The van der Waals surface area contributed by atoms with Gasteiger partial charge >= 0.3 is 0 Å². The molecule has 0 radical (unpaired) electrons. The zero-order valence-corrected chi connectivity index (χ0v) is 15.7. The van der Waals surface area contributed by atoms with Crippen molar-refractivity contribution in [2.75, 3.05) is 26.7 Å². The van der Waals surface area contributed by atoms with E-state index in [2.05, 4.69) is 31.9 Å². The van der Waals surface area contributed by atoms with Gasteiger partial charge in [0.05, 0.1) is 15.6 Å². The van der Waals surface area contributed by atoms with Crippen LogP contribution in [0, 0.1) is 0 Å². The van der Waals surface area contributed by atoms with Gasteiger partial charge in [-0.25, -0.2) is 0 Å². The summed E-state index contributed by atoms with van der Waals surface area (Å²) in [5, 5.41) is 0. The van der Waals surface area contributed by atoms with E-state index in [1.807, 2.05) is 26.1 Å². The second-order valence-electron chi connectivity index (χ2n) is 4.80. The van der Waals surface area contributed by atoms with Crippen molar-refractivity contribution in [2.45, 2.75) is 26.2 Å². The van der Waals surface area contributed by atoms with Gasteiger partial charge < -0.3 is 15.4 Å². The van der Waals surface area contributed by atoms with E-state index in [0.29, 0.717) is 26.1 Å². The maximum Gasteiger partial charge on any atom is 0.222 e. The molecule has 0 saturated carbocycles. The normalized spacial score (nSPS) is 10.5. The molecule has 4 nitrogen and oxygen atoms in total. The molecule has 0 bridgehead atoms. The fourth-order valence-corrected chi connectivity index (χ4v) is 3.35. The van der Waals surface area contributed by atoms with Crippen molar-refractivity contribution in [3.05, 3.63) is 26.6 Å². The van der Waals surface area contributed by atoms with E-state index in [9.17, 15) is 4.79 Å². The van der Waals surface area contributed by atoms with E-state index < -0.39 is 0 Å². The summed E-state index contributed by atoms with van der Waals surface area (Å²) < 4.78 is 7.53. The molecule has 2 N–H and O–H groups in total. The van der Waals surface area contributed by atoms with Crippen LogP contribution in [0.5, 0.6) is 5.75 Å². The molecule has 0 fully saturated rings. The van der Waals surface area contributed by atoms with Crippen LogP contribution in [0.3, 0.4) is 0 Å². The quantitative estimate of drug-likeness (QED) is 0.654. The minimum Gasteiger partial charge on any atom is -0.491 e. The van der Waals surface area contributed by atoms with Gasteiger partial charge in [0.1, 0.15) is 5.75 Å². The lowest BCUT2D eigenvalue weighted by Crippen LogP contribution is -2.27. The first-order chi connectivity index (χ1) is 9.99. The topological polar surface area (TPSA) is 55.6 Å². The Bertz CT molecular complexity index is 458. The summed E-state index contributed by atoms with van der Waals surface area (Å²) in [6, 6.07) is 4.07. The zero-order chi connectivity index (χ0) is 15.8. The number of nitrogens with two attached hydrogens (primary N) is 1. The zero-order valence-electron chi connectivity index (χ0n) is 12.5. The first kappa shape index (κ1) is 18.5. The Morgan fingerprint density at radius 2 is 1.95 bits per heavy atom. The number of benzene rings is 1. The minimum atomic E-state index is 0.162. The van der Waals surface area contributed by atoms with Gasteiger partial charge in [0.25, 0.3) is 0 Å². The molecule has 0 heterocycles. The lowest BCUT2D eigenvalue weighted by Gasteiger charge is -2.17. The minimum absolute atomic E-state index is 0.162. The highest BCUT2D eigenvalue weighted by atomic mass is 79.9. The first-order valence-electron chi connectivity index (χ1n) is 7.04. The van der Waals surface area contributed by atoms with Crippen molar-refractivity contribution in [3.8, 4) is 5.75 Å². The largest absolute Gasteiger partial charge is 0.491 e. The predicted octanol–water partition coefficient (Wildman–Crippen LogP) is 3.35. The Morgan fingerprint density at radius 1 is 1.33 bits per heavy atom. The fourth-order valence-electron chi connectivity index (χ4n) is 1.84. The molecule has 0 unspecified atom stereocenters. The second-order valence-corrected chi connectivity index (χ2v) is 6.51. The molecule has 6 heteroatoms. The van der Waals surface area contributed by atoms with Gasteiger partial charge in [0.15, 0.2) is 0 Å². The van der Waals surface area contributed by atoms with Crippen LogP contribution in [0.1, 0.15) is 25.3 Å². The van der Waals surface area contributed by atoms with Crippen molar-refractivity contribution in [3.63, 3.8) is 0 Å². The van der Waals surface area contributed by atoms with E-state index in [4.69, 9.17) is 10.5 Å². The molecule has 118 valence electrons. The van der Waals surface area contributed by atoms with Gasteiger partial charge in [-0.05, 0) is 68.9 Å². The number of amides is 1. The molecular formula is C15H22Br2N2O2. The van der Waals surface area contributed by atoms with Crippen LogP contribution in [0.2, 0.25) is 0 Å². The lowest BCUT2D eigenvalue weighted by molar-refractivity contribution is -0.129. The number of halogens is 2. The summed E-state index contributed by atoms with van der Waals surface area (Å²) in [7, 11) is 1.83. The second kappa shape index (κ2) is 9.43. The number of carbonyl (C=O) groups excluding carboxylic acids is 1. The Hall–Kier alpha value is -0.590. The highest BCUT2D eigenvalue weighted by molar-refractivity contribution is 9.11. The molecule has 0 atom stereocenters. The first-order valence-corrected chi connectivity index (χ1v) is 8.63. The lowest BCUT2D eigenvalue weighted by atomic mass is 10.1. The Balaban J connectivity index is 2.67. The van der Waals surface area contributed by atoms with Crippen LogP contribution in [0.15, 0.2) is 21.1 Å². The van der Waals surface area contributed by atoms with Gasteiger partial charge in [-0.1, -0.05) is 6.92 Å². The third kappa shape index (κ3) is 5.96. The van der Waals surface area contributed by atoms with E-state index in [1.165, 1.54) is 0 Å². The molecule has 0 aliphatic carbocycles. The predicted molar refractivity (Wildman–Crippen MR) is 92.6 cm³/mol. The van der Waals surface area contributed by atoms with Crippen molar-refractivity contribution in [1.82, 2.24) is 4.90 Å². The summed E-state index contributed by atoms with van der Waals surface area (Å²) in [6.45, 7) is 3.80. The number of hydrogen-bond acceptors (Lipinski definition) is 3. The van der Waals surface area contributed by atoms with Gasteiger partial charge in [-0.2, -0.15) is 0 Å². The molecule has 1 amide bonds. The standard InChI is InChI=1S/C15H22Br2N2O2/c1-3-14(20)19(2)7-5-11-9-12(16)15(13(17)10-11)21-8-4-6-18/h9-10H,3-8,18H2,1-2H3. The molecule has 0 aliphatic rings. The van der Waals surface area contributed by atoms with Crippen LogP contribution >= 0.6 is 31.9 Å². The van der Waals surface area contributed by atoms with Crippen LogP contribution in [-0.4, -0.2) is 37.6 Å². The average molecular weight is 422 g/mol. The molecule has 0 aliphatic heterocycles. The number of carbonyl (C=O) groups is 1. The Morgan fingerprint density at radius 3 is 2.48 bits per heavy atom. The highest BCUT2D eigenvalue weighted by Crippen LogP contribution is 2.35. The third-order valence-corrected chi connectivity index (χ3v) is 4.30. The highest BCUT2D eigenvalue weighted by Gasteiger charge is 2.11. The fraction of sp³-hybridized carbons (Fsp3) is 0.533. The third-order valence-electron chi connectivity index (χ3n) is 3.12. The molecule has 1 aromatic rings. The van der Waals surface area contributed by atoms with E-state index in [0.717, 1.165) is 33.1 Å². The maximum absolute atomic E-state index is 11.5. The van der Waals surface area contributed by atoms with Gasteiger partial charge in [-0.15, -0.1) is 0 Å². The SMILES string of the molecule is CCC(=O)N(C)CCc1cc(Br)c(OCCCN)c(Br)c1. The summed E-state index contributed by atoms with van der Waals surface area (Å²) in [6.07, 6.45) is 2.17. The van der Waals surface area contributed by atoms with E-state index >= 15 is 0 Å². The maximum atomic E-state index is 11.5. The van der Waals surface area contributed by atoms with E-state index in [1.54, 1.807) is 4.90 Å². The summed E-state index contributed by atoms with van der Waals surface area (Å²) in [5.41, 5.74) is 6.61. The van der Waals surface area contributed by atoms with Crippen LogP contribution in [0.25, 0.3) is 0 Å². The molecule has 0 spiro atoms. The average Bonchev–Trinajstić information content (AvgIpc) is 2.46. The van der Waals surface area contributed by atoms with E-state index in [-0.39, 0.29) is 5.91 Å². The van der Waals surface area contributed by atoms with Crippen LogP contribution in [0.4, 0.5) is 0 Å². The Kier molecular flexibility index (Phi) is 8.29. The summed E-state index contributed by atoms with van der Waals surface area (Å²) in [5.74, 6) is 0.958. The van der Waals surface area contributed by atoms with Crippen molar-refractivity contribution in [1.29, 1.82) is 0 Å². The number of ether oxygens (including phenoxy) is 1. The van der Waals surface area contributed by atoms with Gasteiger partial charge in [0.2, 0.25) is 5.91 Å². The summed E-state index contributed by atoms with van der Waals surface area (Å²) >= 11 is 7.07. The van der Waals surface area contributed by atoms with Crippen molar-refractivity contribution >= 4 is 37.8 Å². The van der Waals surface area contributed by atoms with Gasteiger partial charge in [-0.3, -0.25) is 4.79 Å². The van der Waals surface area contributed by atoms with Gasteiger partial charge in [0, 0.05) is 20.0 Å². The molecular weight excluding hydrogens is 400 g/mol. The number of nitrogens with zero attached hydrogens (tertiary/aromatic N) is 1. The molecule has 0 aromatic heterocycles. The summed E-state index contributed by atoms with van der Waals surface area (Å²) in [4.78, 5) is 13.3. The molecule has 21 heavy (non-hydrogen) atoms. The smallest absolute Gasteiger partial charge is 0.222 e.